The molecule has 2 aromatic rings. The van der Waals surface area contributed by atoms with Gasteiger partial charge in [-0.2, -0.15) is 0 Å². The number of fused-ring (bicyclic) bond motifs is 1. The molecule has 1 atom stereocenters. The van der Waals surface area contributed by atoms with Gasteiger partial charge in [0, 0.05) is 24.2 Å². The van der Waals surface area contributed by atoms with Gasteiger partial charge in [-0.1, -0.05) is 18.2 Å². The molecule has 22 heavy (non-hydrogen) atoms. The van der Waals surface area contributed by atoms with E-state index in [2.05, 4.69) is 15.6 Å². The summed E-state index contributed by atoms with van der Waals surface area (Å²) in [4.78, 5) is 16.8. The van der Waals surface area contributed by atoms with Crippen molar-refractivity contribution >= 4 is 41.6 Å². The van der Waals surface area contributed by atoms with Crippen LogP contribution >= 0.6 is 24.8 Å². The van der Waals surface area contributed by atoms with Crippen LogP contribution in [0.3, 0.4) is 0 Å². The summed E-state index contributed by atoms with van der Waals surface area (Å²) >= 11 is 0. The molecule has 0 unspecified atom stereocenters. The number of para-hydroxylation sites is 1. The fourth-order valence-corrected chi connectivity index (χ4v) is 2.75. The summed E-state index contributed by atoms with van der Waals surface area (Å²) in [6.07, 6.45) is 3.84. The summed E-state index contributed by atoms with van der Waals surface area (Å²) < 4.78 is 0. The Labute approximate surface area is 142 Å². The van der Waals surface area contributed by atoms with E-state index in [1.54, 1.807) is 6.20 Å². The van der Waals surface area contributed by atoms with Gasteiger partial charge < -0.3 is 10.6 Å². The summed E-state index contributed by atoms with van der Waals surface area (Å²) in [7, 11) is 0. The number of halogens is 2. The minimum atomic E-state index is -0.0190. The fraction of sp³-hybridized carbons (Fsp3) is 0.375. The Bertz CT molecular complexity index is 642. The maximum Gasteiger partial charge on any atom is 0.253 e. The number of carbonyl (C=O) groups excluding carboxylic acids is 1. The first-order chi connectivity index (χ1) is 9.75. The SMILES string of the molecule is Cc1c(C(=O)N[C@H]2CCCNC2)cnc2ccccc12.Cl.Cl. The van der Waals surface area contributed by atoms with Crippen molar-refractivity contribution in [1.82, 2.24) is 15.6 Å². The van der Waals surface area contributed by atoms with E-state index in [1.165, 1.54) is 0 Å². The van der Waals surface area contributed by atoms with Gasteiger partial charge in [-0.3, -0.25) is 9.78 Å². The Morgan fingerprint density at radius 1 is 1.32 bits per heavy atom. The third-order valence-electron chi connectivity index (χ3n) is 3.92. The van der Waals surface area contributed by atoms with Gasteiger partial charge in [0.1, 0.15) is 0 Å². The van der Waals surface area contributed by atoms with Gasteiger partial charge >= 0.3 is 0 Å². The number of benzene rings is 1. The first-order valence-electron chi connectivity index (χ1n) is 7.11. The van der Waals surface area contributed by atoms with Crippen LogP contribution in [0.2, 0.25) is 0 Å². The molecule has 0 saturated carbocycles. The Kier molecular flexibility index (Phi) is 7.07. The summed E-state index contributed by atoms with van der Waals surface area (Å²) in [5.74, 6) is -0.0190. The summed E-state index contributed by atoms with van der Waals surface area (Å²) in [6.45, 7) is 3.88. The Hall–Kier alpha value is -1.36. The molecule has 2 N–H and O–H groups in total. The molecule has 0 bridgehead atoms. The third kappa shape index (κ3) is 3.88. The van der Waals surface area contributed by atoms with Crippen molar-refractivity contribution in [2.24, 2.45) is 0 Å². The third-order valence-corrected chi connectivity index (χ3v) is 3.92. The number of nitrogens with zero attached hydrogens (tertiary/aromatic N) is 1. The molecule has 0 spiro atoms. The first-order valence-corrected chi connectivity index (χ1v) is 7.11. The molecule has 1 aromatic carbocycles. The van der Waals surface area contributed by atoms with Crippen LogP contribution in [0, 0.1) is 6.92 Å². The topological polar surface area (TPSA) is 54.0 Å². The molecule has 0 radical (unpaired) electrons. The summed E-state index contributed by atoms with van der Waals surface area (Å²) in [6, 6.07) is 8.14. The maximum absolute atomic E-state index is 12.4. The first kappa shape index (κ1) is 18.7. The number of aryl methyl sites for hydroxylation is 1. The van der Waals surface area contributed by atoms with Crippen molar-refractivity contribution in [3.63, 3.8) is 0 Å². The van der Waals surface area contributed by atoms with Crippen molar-refractivity contribution in [3.05, 3.63) is 41.6 Å². The van der Waals surface area contributed by atoms with E-state index in [0.717, 1.165) is 42.4 Å². The molecule has 120 valence electrons. The molecular formula is C16H21Cl2N3O. The van der Waals surface area contributed by atoms with Crippen molar-refractivity contribution in [1.29, 1.82) is 0 Å². The molecule has 1 aliphatic rings. The Morgan fingerprint density at radius 2 is 2.09 bits per heavy atom. The van der Waals surface area contributed by atoms with Gasteiger partial charge in [0.2, 0.25) is 0 Å². The van der Waals surface area contributed by atoms with Crippen LogP contribution in [0.25, 0.3) is 10.9 Å². The van der Waals surface area contributed by atoms with Crippen LogP contribution in [0.1, 0.15) is 28.8 Å². The Morgan fingerprint density at radius 3 is 2.82 bits per heavy atom. The van der Waals surface area contributed by atoms with E-state index < -0.39 is 0 Å². The highest BCUT2D eigenvalue weighted by Crippen LogP contribution is 2.19. The molecule has 6 heteroatoms. The second-order valence-corrected chi connectivity index (χ2v) is 5.33. The second-order valence-electron chi connectivity index (χ2n) is 5.33. The molecule has 3 rings (SSSR count). The highest BCUT2D eigenvalue weighted by molar-refractivity contribution is 6.00. The van der Waals surface area contributed by atoms with Crippen LogP contribution in [0.15, 0.2) is 30.5 Å². The second kappa shape index (κ2) is 8.32. The van der Waals surface area contributed by atoms with Gasteiger partial charge in [-0.15, -0.1) is 24.8 Å². The normalized spacial score (nSPS) is 17.2. The number of carbonyl (C=O) groups is 1. The lowest BCUT2D eigenvalue weighted by Gasteiger charge is -2.24. The minimum absolute atomic E-state index is 0. The number of nitrogens with one attached hydrogen (secondary N) is 2. The molecule has 2 heterocycles. The van der Waals surface area contributed by atoms with Gasteiger partial charge in [0.15, 0.2) is 0 Å². The van der Waals surface area contributed by atoms with E-state index in [0.29, 0.717) is 5.56 Å². The number of piperidine rings is 1. The van der Waals surface area contributed by atoms with Crippen molar-refractivity contribution in [2.45, 2.75) is 25.8 Å². The Balaban J connectivity index is 0.00000121. The molecular weight excluding hydrogens is 321 g/mol. The minimum Gasteiger partial charge on any atom is -0.348 e. The summed E-state index contributed by atoms with van der Waals surface area (Å²) in [5.41, 5.74) is 2.60. The zero-order chi connectivity index (χ0) is 13.9. The zero-order valence-corrected chi connectivity index (χ0v) is 14.1. The van der Waals surface area contributed by atoms with Crippen LogP contribution in [0.4, 0.5) is 0 Å². The van der Waals surface area contributed by atoms with Gasteiger partial charge in [0.25, 0.3) is 5.91 Å². The zero-order valence-electron chi connectivity index (χ0n) is 12.5. The number of hydrogen-bond donors (Lipinski definition) is 2. The molecule has 1 fully saturated rings. The van der Waals surface area contributed by atoms with Crippen LogP contribution in [-0.2, 0) is 0 Å². The molecule has 1 aromatic heterocycles. The lowest BCUT2D eigenvalue weighted by Crippen LogP contribution is -2.45. The number of hydrogen-bond acceptors (Lipinski definition) is 3. The van der Waals surface area contributed by atoms with Crippen molar-refractivity contribution < 1.29 is 4.79 Å². The monoisotopic (exact) mass is 341 g/mol. The van der Waals surface area contributed by atoms with Gasteiger partial charge in [0.05, 0.1) is 11.1 Å². The number of rotatable bonds is 2. The van der Waals surface area contributed by atoms with Crippen LogP contribution < -0.4 is 10.6 Å². The smallest absolute Gasteiger partial charge is 0.253 e. The maximum atomic E-state index is 12.4. The molecule has 0 aliphatic carbocycles. The van der Waals surface area contributed by atoms with Crippen LogP contribution in [-0.4, -0.2) is 30.0 Å². The van der Waals surface area contributed by atoms with Crippen molar-refractivity contribution in [3.8, 4) is 0 Å². The van der Waals surface area contributed by atoms with E-state index in [9.17, 15) is 4.79 Å². The van der Waals surface area contributed by atoms with Gasteiger partial charge in [-0.25, -0.2) is 0 Å². The number of aromatic nitrogens is 1. The average molecular weight is 342 g/mol. The molecule has 4 nitrogen and oxygen atoms in total. The highest BCUT2D eigenvalue weighted by Gasteiger charge is 2.18. The molecule has 1 aliphatic heterocycles. The largest absolute Gasteiger partial charge is 0.348 e. The van der Waals surface area contributed by atoms with Gasteiger partial charge in [-0.05, 0) is 37.9 Å². The van der Waals surface area contributed by atoms with E-state index in [-0.39, 0.29) is 36.8 Å². The van der Waals surface area contributed by atoms with Crippen molar-refractivity contribution in [2.75, 3.05) is 13.1 Å². The predicted molar refractivity (Wildman–Crippen MR) is 94.3 cm³/mol. The number of amides is 1. The standard InChI is InChI=1S/C16H19N3O.2ClH/c1-11-13-6-2-3-7-15(13)18-10-14(11)16(20)19-12-5-4-8-17-9-12;;/h2-3,6-7,10,12,17H,4-5,8-9H2,1H3,(H,19,20);2*1H/t12-;;/m0../s1. The highest BCUT2D eigenvalue weighted by atomic mass is 35.5. The molecule has 1 saturated heterocycles. The lowest BCUT2D eigenvalue weighted by atomic mass is 10.0. The predicted octanol–water partition coefficient (Wildman–Crippen LogP) is 2.87. The fourth-order valence-electron chi connectivity index (χ4n) is 2.75. The van der Waals surface area contributed by atoms with Crippen LogP contribution in [0.5, 0.6) is 0 Å². The number of pyridine rings is 1. The average Bonchev–Trinajstić information content (AvgIpc) is 2.49. The van der Waals surface area contributed by atoms with E-state index in [1.807, 2.05) is 31.2 Å². The quantitative estimate of drug-likeness (QED) is 0.882. The summed E-state index contributed by atoms with van der Waals surface area (Å²) in [5, 5.41) is 7.45. The lowest BCUT2D eigenvalue weighted by molar-refractivity contribution is 0.0930. The molecule has 1 amide bonds. The van der Waals surface area contributed by atoms with E-state index >= 15 is 0 Å². The van der Waals surface area contributed by atoms with E-state index in [4.69, 9.17) is 0 Å².